The first-order valence-electron chi connectivity index (χ1n) is 5.45. The average Bonchev–Trinajstić information content (AvgIpc) is 2.31. The van der Waals surface area contributed by atoms with Gasteiger partial charge in [-0.1, -0.05) is 0 Å². The Labute approximate surface area is 108 Å². The average molecular weight is 263 g/mol. The number of pyridine rings is 1. The second-order valence-corrected chi connectivity index (χ2v) is 4.05. The third-order valence-electron chi connectivity index (χ3n) is 2.46. The number of nitrogens with one attached hydrogen (secondary N) is 1. The zero-order valence-electron chi connectivity index (χ0n) is 10.1. The minimum absolute atomic E-state index is 0.115. The van der Waals surface area contributed by atoms with Gasteiger partial charge in [-0.25, -0.2) is 13.8 Å². The normalized spacial score (nSPS) is 10.3. The van der Waals surface area contributed by atoms with Gasteiger partial charge in [0.1, 0.15) is 17.5 Å². The van der Waals surface area contributed by atoms with Gasteiger partial charge in [0.15, 0.2) is 0 Å². The molecule has 0 aliphatic carbocycles. The number of anilines is 2. The summed E-state index contributed by atoms with van der Waals surface area (Å²) in [5, 5.41) is 2.47. The number of hydrogen-bond donors (Lipinski definition) is 2. The van der Waals surface area contributed by atoms with E-state index in [9.17, 15) is 13.6 Å². The number of hydrogen-bond acceptors (Lipinski definition) is 3. The molecule has 0 radical (unpaired) electrons. The molecule has 0 unspecified atom stereocenters. The fraction of sp³-hybridized carbons (Fsp3) is 0.0769. The van der Waals surface area contributed by atoms with Gasteiger partial charge in [-0.2, -0.15) is 0 Å². The molecule has 6 heteroatoms. The van der Waals surface area contributed by atoms with Crippen LogP contribution >= 0.6 is 0 Å². The zero-order chi connectivity index (χ0) is 14.0. The van der Waals surface area contributed by atoms with Gasteiger partial charge in [0, 0.05) is 11.6 Å². The molecule has 0 fully saturated rings. The molecule has 1 amide bonds. The molecule has 2 rings (SSSR count). The summed E-state index contributed by atoms with van der Waals surface area (Å²) in [6, 6.07) is 4.23. The lowest BCUT2D eigenvalue weighted by atomic mass is 10.2. The first-order valence-corrected chi connectivity index (χ1v) is 5.45. The summed E-state index contributed by atoms with van der Waals surface area (Å²) in [4.78, 5) is 15.8. The van der Waals surface area contributed by atoms with E-state index < -0.39 is 17.5 Å². The molecule has 1 heterocycles. The molecule has 0 atom stereocenters. The number of halogens is 2. The Hall–Kier alpha value is -2.50. The van der Waals surface area contributed by atoms with Crippen LogP contribution in [0.4, 0.5) is 20.3 Å². The fourth-order valence-electron chi connectivity index (χ4n) is 1.59. The van der Waals surface area contributed by atoms with Crippen molar-refractivity contribution in [2.75, 3.05) is 11.1 Å². The Bertz CT molecular complexity index is 624. The van der Waals surface area contributed by atoms with Crippen molar-refractivity contribution in [1.82, 2.24) is 4.98 Å². The van der Waals surface area contributed by atoms with Crippen molar-refractivity contribution >= 4 is 17.4 Å². The molecule has 1 aromatic heterocycles. The monoisotopic (exact) mass is 263 g/mol. The van der Waals surface area contributed by atoms with E-state index in [1.807, 2.05) is 0 Å². The van der Waals surface area contributed by atoms with E-state index in [0.29, 0.717) is 23.1 Å². The molecule has 19 heavy (non-hydrogen) atoms. The molecule has 2 aromatic rings. The molecule has 0 saturated carbocycles. The van der Waals surface area contributed by atoms with Crippen molar-refractivity contribution in [1.29, 1.82) is 0 Å². The molecule has 1 aromatic carbocycles. The van der Waals surface area contributed by atoms with Crippen LogP contribution < -0.4 is 11.1 Å². The SMILES string of the molecule is Cc1cc(N)cnc1NC(=O)c1cc(F)cc(F)c1. The number of carbonyl (C=O) groups excluding carboxylic acids is 1. The van der Waals surface area contributed by atoms with E-state index in [1.54, 1.807) is 13.0 Å². The summed E-state index contributed by atoms with van der Waals surface area (Å²) in [6.07, 6.45) is 1.38. The molecular formula is C13H11F2N3O. The maximum Gasteiger partial charge on any atom is 0.257 e. The predicted octanol–water partition coefficient (Wildman–Crippen LogP) is 2.50. The lowest BCUT2D eigenvalue weighted by Gasteiger charge is -2.08. The van der Waals surface area contributed by atoms with Gasteiger partial charge in [-0.05, 0) is 30.7 Å². The van der Waals surface area contributed by atoms with Gasteiger partial charge >= 0.3 is 0 Å². The quantitative estimate of drug-likeness (QED) is 0.874. The number of aromatic nitrogens is 1. The third kappa shape index (κ3) is 3.04. The highest BCUT2D eigenvalue weighted by molar-refractivity contribution is 6.04. The van der Waals surface area contributed by atoms with Crippen LogP contribution in [0.25, 0.3) is 0 Å². The van der Waals surface area contributed by atoms with Crippen molar-refractivity contribution in [3.63, 3.8) is 0 Å². The van der Waals surface area contributed by atoms with Crippen LogP contribution in [0.15, 0.2) is 30.5 Å². The van der Waals surface area contributed by atoms with Crippen molar-refractivity contribution < 1.29 is 13.6 Å². The van der Waals surface area contributed by atoms with Crippen molar-refractivity contribution in [3.8, 4) is 0 Å². The maximum absolute atomic E-state index is 13.0. The Balaban J connectivity index is 2.25. The summed E-state index contributed by atoms with van der Waals surface area (Å²) in [5.41, 5.74) is 6.54. The number of rotatable bonds is 2. The van der Waals surface area contributed by atoms with Crippen LogP contribution in [0.2, 0.25) is 0 Å². The highest BCUT2D eigenvalue weighted by atomic mass is 19.1. The molecule has 0 aliphatic heterocycles. The second-order valence-electron chi connectivity index (χ2n) is 4.05. The minimum atomic E-state index is -0.813. The lowest BCUT2D eigenvalue weighted by molar-refractivity contribution is 0.102. The van der Waals surface area contributed by atoms with Gasteiger partial charge in [0.25, 0.3) is 5.91 Å². The Morgan fingerprint density at radius 1 is 1.21 bits per heavy atom. The number of nitrogen functional groups attached to an aromatic ring is 1. The van der Waals surface area contributed by atoms with Gasteiger partial charge in [-0.15, -0.1) is 0 Å². The maximum atomic E-state index is 13.0. The zero-order valence-corrected chi connectivity index (χ0v) is 10.1. The van der Waals surface area contributed by atoms with Gasteiger partial charge in [0.2, 0.25) is 0 Å². The van der Waals surface area contributed by atoms with Crippen molar-refractivity contribution in [2.24, 2.45) is 0 Å². The first kappa shape index (κ1) is 12.9. The van der Waals surface area contributed by atoms with E-state index in [2.05, 4.69) is 10.3 Å². The van der Waals surface area contributed by atoms with E-state index in [-0.39, 0.29) is 5.56 Å². The van der Waals surface area contributed by atoms with Crippen LogP contribution in [-0.2, 0) is 0 Å². The molecule has 3 N–H and O–H groups in total. The number of nitrogens with two attached hydrogens (primary N) is 1. The molecule has 98 valence electrons. The Kier molecular flexibility index (Phi) is 3.41. The van der Waals surface area contributed by atoms with Crippen LogP contribution in [0.3, 0.4) is 0 Å². The minimum Gasteiger partial charge on any atom is -0.397 e. The molecule has 4 nitrogen and oxygen atoms in total. The number of amides is 1. The van der Waals surface area contributed by atoms with Crippen LogP contribution in [-0.4, -0.2) is 10.9 Å². The summed E-state index contributed by atoms with van der Waals surface area (Å²) in [5.74, 6) is -1.97. The Morgan fingerprint density at radius 3 is 2.42 bits per heavy atom. The van der Waals surface area contributed by atoms with Crippen molar-refractivity contribution in [2.45, 2.75) is 6.92 Å². The van der Waals surface area contributed by atoms with Gasteiger partial charge in [0.05, 0.1) is 11.9 Å². The van der Waals surface area contributed by atoms with Crippen LogP contribution in [0.5, 0.6) is 0 Å². The summed E-state index contributed by atoms with van der Waals surface area (Å²) >= 11 is 0. The Morgan fingerprint density at radius 2 is 1.84 bits per heavy atom. The number of benzene rings is 1. The second kappa shape index (κ2) is 5.01. The van der Waals surface area contributed by atoms with Crippen LogP contribution in [0.1, 0.15) is 15.9 Å². The molecule has 0 saturated heterocycles. The largest absolute Gasteiger partial charge is 0.397 e. The van der Waals surface area contributed by atoms with Crippen molar-refractivity contribution in [3.05, 3.63) is 53.2 Å². The van der Waals surface area contributed by atoms with Crippen LogP contribution in [0, 0.1) is 18.6 Å². The van der Waals surface area contributed by atoms with E-state index in [0.717, 1.165) is 12.1 Å². The molecule has 0 spiro atoms. The predicted molar refractivity (Wildman–Crippen MR) is 67.7 cm³/mol. The lowest BCUT2D eigenvalue weighted by Crippen LogP contribution is -2.14. The van der Waals surface area contributed by atoms with Gasteiger partial charge in [-0.3, -0.25) is 4.79 Å². The summed E-state index contributed by atoms with van der Waals surface area (Å²) < 4.78 is 26.0. The topological polar surface area (TPSA) is 68.0 Å². The highest BCUT2D eigenvalue weighted by Gasteiger charge is 2.11. The number of aryl methyl sites for hydroxylation is 1. The standard InChI is InChI=1S/C13H11F2N3O/c1-7-2-11(16)6-17-12(7)18-13(19)8-3-9(14)5-10(15)4-8/h2-6H,16H2,1H3,(H,17,18,19). The van der Waals surface area contributed by atoms with Gasteiger partial charge < -0.3 is 11.1 Å². The summed E-state index contributed by atoms with van der Waals surface area (Å²) in [7, 11) is 0. The molecule has 0 bridgehead atoms. The molecular weight excluding hydrogens is 252 g/mol. The summed E-state index contributed by atoms with van der Waals surface area (Å²) in [6.45, 7) is 1.71. The van der Waals surface area contributed by atoms with E-state index in [4.69, 9.17) is 5.73 Å². The van der Waals surface area contributed by atoms with E-state index in [1.165, 1.54) is 6.20 Å². The number of carbonyl (C=O) groups is 1. The highest BCUT2D eigenvalue weighted by Crippen LogP contribution is 2.16. The first-order chi connectivity index (χ1) is 8.95. The third-order valence-corrected chi connectivity index (χ3v) is 2.46. The fourth-order valence-corrected chi connectivity index (χ4v) is 1.59. The van der Waals surface area contributed by atoms with E-state index >= 15 is 0 Å². The molecule has 0 aliphatic rings. The number of nitrogens with zero attached hydrogens (tertiary/aromatic N) is 1. The smallest absolute Gasteiger partial charge is 0.257 e.